The summed E-state index contributed by atoms with van der Waals surface area (Å²) < 4.78 is 0. The minimum Gasteiger partial charge on any atom is -0.0696 e. The first-order chi connectivity index (χ1) is 23.2. The summed E-state index contributed by atoms with van der Waals surface area (Å²) in [5.74, 6) is 4.13. The summed E-state index contributed by atoms with van der Waals surface area (Å²) in [4.78, 5) is 0. The molecule has 0 unspecified atom stereocenters. The second kappa shape index (κ2) is 16.1. The Hall–Kier alpha value is -1.43. The molecule has 0 atom stereocenters. The van der Waals surface area contributed by atoms with Crippen LogP contribution in [-0.2, 0) is 18.3 Å². The summed E-state index contributed by atoms with van der Waals surface area (Å²) in [6.07, 6.45) is 37.3. The van der Waals surface area contributed by atoms with Gasteiger partial charge in [-0.25, -0.2) is 0 Å². The van der Waals surface area contributed by atoms with Crippen molar-refractivity contribution in [3.63, 3.8) is 0 Å². The van der Waals surface area contributed by atoms with E-state index in [1.807, 2.05) is 0 Å². The minimum absolute atomic E-state index is 0.223. The molecule has 0 N–H and O–H groups in total. The first kappa shape index (κ1) is 34.0. The number of unbranched alkanes of at least 4 members (excludes halogenated alkanes) is 6. The predicted octanol–water partition coefficient (Wildman–Crippen LogP) is 14.2. The first-order valence-corrected chi connectivity index (χ1v) is 21.5. The molecule has 4 aliphatic heterocycles. The molecule has 1 aliphatic carbocycles. The number of hydrogen-bond donors (Lipinski definition) is 0. The van der Waals surface area contributed by atoms with Crippen molar-refractivity contribution in [2.75, 3.05) is 0 Å². The van der Waals surface area contributed by atoms with Crippen LogP contribution in [0.1, 0.15) is 177 Å². The lowest BCUT2D eigenvalue weighted by Crippen LogP contribution is -2.34. The first-order valence-electron chi connectivity index (χ1n) is 21.5. The molecule has 2 heteroatoms. The fourth-order valence-electron chi connectivity index (χ4n) is 12.5. The van der Waals surface area contributed by atoms with Gasteiger partial charge in [-0.05, 0) is 59.1 Å². The highest BCUT2D eigenvalue weighted by atomic mass is 14.5. The largest absolute Gasteiger partial charge is 0.146 e. The normalized spacial score (nSPS) is 25.9. The van der Waals surface area contributed by atoms with Gasteiger partial charge in [-0.2, -0.15) is 0 Å². The molecule has 254 valence electrons. The topological polar surface area (TPSA) is 0 Å². The molecule has 4 fully saturated rings. The lowest BCUT2D eigenvalue weighted by atomic mass is 9.25. The smallest absolute Gasteiger partial charge is 0.0696 e. The van der Waals surface area contributed by atoms with E-state index in [0.717, 1.165) is 36.7 Å². The Morgan fingerprint density at radius 3 is 1.26 bits per heavy atom. The molecular formula is C45H68B2. The van der Waals surface area contributed by atoms with Crippen LogP contribution in [0.2, 0.25) is 35.9 Å². The van der Waals surface area contributed by atoms with Crippen LogP contribution in [0.3, 0.4) is 0 Å². The standard InChI is InChI=1S/C45H68B2/c1-3-5-7-9-29-45(30-10-8-6-4-2)43-33-35(27-31-46-37-15-11-16-38(46)18-12-17-37)23-25-41(43)42-26-24-36(34-44(42)45)28-32-47-39-19-13-20-40(47)22-14-21-39/h23-26,33-34,37-40H,3-22,27-32H2,1-2H3. The maximum absolute atomic E-state index is 2.77. The lowest BCUT2D eigenvalue weighted by Gasteiger charge is -2.40. The average Bonchev–Trinajstić information content (AvgIpc) is 3.34. The molecule has 0 spiro atoms. The molecule has 2 aromatic carbocycles. The molecule has 0 saturated carbocycles. The van der Waals surface area contributed by atoms with Crippen LogP contribution in [0.15, 0.2) is 36.4 Å². The lowest BCUT2D eigenvalue weighted by molar-refractivity contribution is 0.400. The molecule has 0 nitrogen and oxygen atoms in total. The van der Waals surface area contributed by atoms with Gasteiger partial charge in [-0.1, -0.05) is 215 Å². The molecule has 2 aromatic rings. The molecular weight excluding hydrogens is 562 g/mol. The summed E-state index contributed by atoms with van der Waals surface area (Å²) in [5, 5.41) is 0. The van der Waals surface area contributed by atoms with E-state index in [2.05, 4.69) is 50.2 Å². The highest BCUT2D eigenvalue weighted by molar-refractivity contribution is 6.63. The maximum Gasteiger partial charge on any atom is 0.146 e. The van der Waals surface area contributed by atoms with Crippen LogP contribution >= 0.6 is 0 Å². The van der Waals surface area contributed by atoms with E-state index in [1.54, 1.807) is 33.4 Å². The third-order valence-electron chi connectivity index (χ3n) is 15.0. The maximum atomic E-state index is 2.77. The van der Waals surface area contributed by atoms with Gasteiger partial charge in [0, 0.05) is 5.41 Å². The monoisotopic (exact) mass is 631 g/mol. The number of aryl methyl sites for hydroxylation is 2. The number of rotatable bonds is 16. The van der Waals surface area contributed by atoms with Crippen molar-refractivity contribution in [1.29, 1.82) is 0 Å². The zero-order valence-electron chi connectivity index (χ0n) is 30.8. The number of benzene rings is 2. The summed E-state index contributed by atoms with van der Waals surface area (Å²) in [5.41, 5.74) is 10.2. The fourth-order valence-corrected chi connectivity index (χ4v) is 12.5. The molecule has 4 bridgehead atoms. The zero-order chi connectivity index (χ0) is 32.1. The highest BCUT2D eigenvalue weighted by Gasteiger charge is 2.44. The van der Waals surface area contributed by atoms with E-state index >= 15 is 0 Å². The molecule has 0 aromatic heterocycles. The van der Waals surface area contributed by atoms with E-state index in [-0.39, 0.29) is 5.41 Å². The van der Waals surface area contributed by atoms with Crippen LogP contribution in [0, 0.1) is 0 Å². The van der Waals surface area contributed by atoms with E-state index in [0.29, 0.717) is 0 Å². The van der Waals surface area contributed by atoms with E-state index < -0.39 is 0 Å². The van der Waals surface area contributed by atoms with E-state index in [4.69, 9.17) is 0 Å². The second-order valence-corrected chi connectivity index (χ2v) is 17.6. The van der Waals surface area contributed by atoms with Gasteiger partial charge in [0.2, 0.25) is 0 Å². The molecule has 0 radical (unpaired) electrons. The number of hydrogen-bond acceptors (Lipinski definition) is 0. The molecule has 0 amide bonds. The van der Waals surface area contributed by atoms with Crippen molar-refractivity contribution in [3.05, 3.63) is 58.7 Å². The molecule has 4 saturated heterocycles. The van der Waals surface area contributed by atoms with Crippen molar-refractivity contribution < 1.29 is 0 Å². The Bertz CT molecular complexity index is 1150. The third kappa shape index (κ3) is 7.39. The summed E-state index contributed by atoms with van der Waals surface area (Å²) >= 11 is 0. The van der Waals surface area contributed by atoms with Crippen LogP contribution in [0.25, 0.3) is 11.1 Å². The molecule has 4 heterocycles. The van der Waals surface area contributed by atoms with Gasteiger partial charge in [-0.15, -0.1) is 0 Å². The highest BCUT2D eigenvalue weighted by Crippen LogP contribution is 2.55. The SMILES string of the molecule is CCCCCCC1(CCCCCC)c2cc(CCB3C4CCCC3CCC4)ccc2-c2ccc(CCB3C4CCCC3CCC4)cc21. The van der Waals surface area contributed by atoms with Gasteiger partial charge in [0.1, 0.15) is 13.4 Å². The molecule has 47 heavy (non-hydrogen) atoms. The van der Waals surface area contributed by atoms with Crippen LogP contribution < -0.4 is 0 Å². The molecule has 7 rings (SSSR count). The van der Waals surface area contributed by atoms with Crippen LogP contribution in [-0.4, -0.2) is 13.4 Å². The Kier molecular flexibility index (Phi) is 11.6. The van der Waals surface area contributed by atoms with Gasteiger partial charge in [-0.3, -0.25) is 0 Å². The Balaban J connectivity index is 1.17. The Morgan fingerprint density at radius 2 is 0.894 bits per heavy atom. The number of fused-ring (bicyclic) bond motifs is 7. The van der Waals surface area contributed by atoms with E-state index in [1.165, 1.54) is 167 Å². The third-order valence-corrected chi connectivity index (χ3v) is 15.0. The Morgan fingerprint density at radius 1 is 0.511 bits per heavy atom. The van der Waals surface area contributed by atoms with E-state index in [9.17, 15) is 0 Å². The fraction of sp³-hybridized carbons (Fsp3) is 0.733. The summed E-state index contributed by atoms with van der Waals surface area (Å²) in [7, 11) is 0. The quantitative estimate of drug-likeness (QED) is 0.128. The van der Waals surface area contributed by atoms with Crippen LogP contribution in [0.5, 0.6) is 0 Å². The van der Waals surface area contributed by atoms with Crippen molar-refractivity contribution in [2.45, 2.75) is 209 Å². The Labute approximate surface area is 291 Å². The van der Waals surface area contributed by atoms with Gasteiger partial charge < -0.3 is 0 Å². The van der Waals surface area contributed by atoms with Crippen molar-refractivity contribution in [2.24, 2.45) is 0 Å². The van der Waals surface area contributed by atoms with Gasteiger partial charge in [0.25, 0.3) is 0 Å². The van der Waals surface area contributed by atoms with Crippen molar-refractivity contribution in [3.8, 4) is 11.1 Å². The van der Waals surface area contributed by atoms with Gasteiger partial charge in [0.15, 0.2) is 0 Å². The summed E-state index contributed by atoms with van der Waals surface area (Å²) in [6, 6.07) is 15.8. The average molecular weight is 631 g/mol. The minimum atomic E-state index is 0.223. The molecule has 5 aliphatic rings. The predicted molar refractivity (Wildman–Crippen MR) is 209 cm³/mol. The van der Waals surface area contributed by atoms with Gasteiger partial charge in [0.05, 0.1) is 0 Å². The summed E-state index contributed by atoms with van der Waals surface area (Å²) in [6.45, 7) is 6.75. The second-order valence-electron chi connectivity index (χ2n) is 17.6. The zero-order valence-corrected chi connectivity index (χ0v) is 30.8. The van der Waals surface area contributed by atoms with Crippen molar-refractivity contribution >= 4 is 13.4 Å². The van der Waals surface area contributed by atoms with Crippen molar-refractivity contribution in [1.82, 2.24) is 0 Å². The van der Waals surface area contributed by atoms with Crippen LogP contribution in [0.4, 0.5) is 0 Å². The van der Waals surface area contributed by atoms with Gasteiger partial charge >= 0.3 is 0 Å².